The summed E-state index contributed by atoms with van der Waals surface area (Å²) in [5.74, 6) is -1.25. The molecule has 6 heteroatoms. The van der Waals surface area contributed by atoms with Gasteiger partial charge in [-0.15, -0.1) is 0 Å². The molecule has 27 heavy (non-hydrogen) atoms. The van der Waals surface area contributed by atoms with E-state index in [0.29, 0.717) is 18.8 Å². The van der Waals surface area contributed by atoms with Crippen LogP contribution in [-0.2, 0) is 20.8 Å². The molecule has 0 unspecified atom stereocenters. The summed E-state index contributed by atoms with van der Waals surface area (Å²) in [6.45, 7) is 1.65. The van der Waals surface area contributed by atoms with E-state index >= 15 is 0 Å². The van der Waals surface area contributed by atoms with Gasteiger partial charge >= 0.3 is 0 Å². The number of hydrogen-bond donors (Lipinski definition) is 0. The van der Waals surface area contributed by atoms with Crippen LogP contribution in [0.4, 0.5) is 0 Å². The minimum absolute atomic E-state index is 0.111. The Balaban J connectivity index is 1.56. The molecule has 4 rings (SSSR count). The van der Waals surface area contributed by atoms with E-state index in [0.717, 1.165) is 24.8 Å². The number of nitrogens with zero attached hydrogens (tertiary/aromatic N) is 2. The van der Waals surface area contributed by atoms with E-state index in [-0.39, 0.29) is 24.3 Å². The smallest absolute Gasteiger partial charge is 0.246 e. The first-order chi connectivity index (χ1) is 13.0. The van der Waals surface area contributed by atoms with Crippen molar-refractivity contribution in [1.29, 1.82) is 0 Å². The van der Waals surface area contributed by atoms with Crippen LogP contribution in [0, 0.1) is 5.92 Å². The standard InChI is InChI=1S/C21H26N2O4/c1-13-19(24)23-16-9-5-8-15(16)12-18(23)20(25)22(13)17(21(26)27)11-10-14-6-3-2-4-7-14/h2-4,6-7,13,15-18H,5,8-12H2,1H3,(H,26,27)/p-1/t13-,15-,16-,17+,18-/m0/s1. The highest BCUT2D eigenvalue weighted by atomic mass is 16.4. The number of carbonyl (C=O) groups excluding carboxylic acids is 3. The maximum Gasteiger partial charge on any atom is 0.246 e. The Morgan fingerprint density at radius 3 is 2.63 bits per heavy atom. The van der Waals surface area contributed by atoms with Gasteiger partial charge in [-0.1, -0.05) is 36.8 Å². The van der Waals surface area contributed by atoms with Gasteiger partial charge in [0.2, 0.25) is 11.8 Å². The van der Waals surface area contributed by atoms with Crippen molar-refractivity contribution < 1.29 is 19.5 Å². The third-order valence-corrected chi connectivity index (χ3v) is 6.56. The van der Waals surface area contributed by atoms with Gasteiger partial charge in [0.1, 0.15) is 12.1 Å². The van der Waals surface area contributed by atoms with E-state index < -0.39 is 24.1 Å². The van der Waals surface area contributed by atoms with Crippen LogP contribution in [0.3, 0.4) is 0 Å². The number of piperazine rings is 1. The molecule has 144 valence electrons. The number of carboxylic acids is 1. The predicted octanol–water partition coefficient (Wildman–Crippen LogP) is 0.738. The van der Waals surface area contributed by atoms with E-state index in [1.807, 2.05) is 30.3 Å². The first kappa shape index (κ1) is 18.0. The van der Waals surface area contributed by atoms with E-state index in [1.54, 1.807) is 11.8 Å². The molecule has 0 N–H and O–H groups in total. The van der Waals surface area contributed by atoms with Gasteiger partial charge in [0.25, 0.3) is 0 Å². The monoisotopic (exact) mass is 369 g/mol. The lowest BCUT2D eigenvalue weighted by molar-refractivity contribution is -0.312. The molecule has 2 aliphatic heterocycles. The van der Waals surface area contributed by atoms with Crippen molar-refractivity contribution in [2.75, 3.05) is 0 Å². The minimum Gasteiger partial charge on any atom is -0.548 e. The van der Waals surface area contributed by atoms with Crippen LogP contribution in [0.15, 0.2) is 30.3 Å². The second-order valence-electron chi connectivity index (χ2n) is 8.04. The zero-order chi connectivity index (χ0) is 19.1. The van der Waals surface area contributed by atoms with Gasteiger partial charge in [-0.05, 0) is 50.5 Å². The number of amides is 2. The fourth-order valence-electron chi connectivity index (χ4n) is 5.27. The third kappa shape index (κ3) is 3.01. The number of carbonyl (C=O) groups is 3. The SMILES string of the molecule is C[C@H]1C(=O)N2[C@@H](C[C@@H]3CCC[C@@H]32)C(=O)N1[C@H](CCc1ccccc1)C(=O)[O-]. The lowest BCUT2D eigenvalue weighted by atomic mass is 9.97. The number of benzene rings is 1. The number of aliphatic carboxylic acids is 1. The van der Waals surface area contributed by atoms with Gasteiger partial charge in [0.15, 0.2) is 0 Å². The Morgan fingerprint density at radius 1 is 1.19 bits per heavy atom. The lowest BCUT2D eigenvalue weighted by Crippen LogP contribution is -2.67. The topological polar surface area (TPSA) is 80.8 Å². The quantitative estimate of drug-likeness (QED) is 0.767. The normalized spacial score (nSPS) is 31.0. The molecule has 2 saturated heterocycles. The van der Waals surface area contributed by atoms with E-state index in [4.69, 9.17) is 0 Å². The number of aryl methyl sites for hydroxylation is 1. The maximum atomic E-state index is 13.2. The van der Waals surface area contributed by atoms with Crippen molar-refractivity contribution in [2.45, 2.75) is 69.6 Å². The lowest BCUT2D eigenvalue weighted by Gasteiger charge is -2.46. The van der Waals surface area contributed by atoms with Gasteiger partial charge in [-0.2, -0.15) is 0 Å². The van der Waals surface area contributed by atoms with Gasteiger partial charge in [-0.3, -0.25) is 9.59 Å². The molecular formula is C21H25N2O4-. The second-order valence-corrected chi connectivity index (χ2v) is 8.04. The van der Waals surface area contributed by atoms with Crippen molar-refractivity contribution >= 4 is 17.8 Å². The first-order valence-corrected chi connectivity index (χ1v) is 9.88. The second kappa shape index (κ2) is 6.98. The first-order valence-electron chi connectivity index (χ1n) is 9.88. The van der Waals surface area contributed by atoms with Crippen molar-refractivity contribution in [3.63, 3.8) is 0 Å². The Labute approximate surface area is 159 Å². The molecule has 0 spiro atoms. The summed E-state index contributed by atoms with van der Waals surface area (Å²) in [5.41, 5.74) is 1.00. The minimum atomic E-state index is -1.29. The summed E-state index contributed by atoms with van der Waals surface area (Å²) in [6, 6.07) is 7.38. The van der Waals surface area contributed by atoms with Crippen LogP contribution in [-0.4, -0.2) is 51.8 Å². The van der Waals surface area contributed by atoms with Gasteiger partial charge in [-0.25, -0.2) is 0 Å². The van der Waals surface area contributed by atoms with Crippen LogP contribution in [0.2, 0.25) is 0 Å². The Bertz CT molecular complexity index is 750. The summed E-state index contributed by atoms with van der Waals surface area (Å²) >= 11 is 0. The maximum absolute atomic E-state index is 13.2. The highest BCUT2D eigenvalue weighted by Crippen LogP contribution is 2.44. The fourth-order valence-corrected chi connectivity index (χ4v) is 5.27. The summed E-state index contributed by atoms with van der Waals surface area (Å²) in [5, 5.41) is 11.9. The molecule has 3 fully saturated rings. The van der Waals surface area contributed by atoms with E-state index in [2.05, 4.69) is 0 Å². The van der Waals surface area contributed by atoms with Crippen LogP contribution in [0.25, 0.3) is 0 Å². The number of hydrogen-bond acceptors (Lipinski definition) is 4. The highest BCUT2D eigenvalue weighted by Gasteiger charge is 2.55. The summed E-state index contributed by atoms with van der Waals surface area (Å²) in [7, 11) is 0. The molecule has 1 aliphatic carbocycles. The largest absolute Gasteiger partial charge is 0.548 e. The highest BCUT2D eigenvalue weighted by molar-refractivity contribution is 5.99. The molecular weight excluding hydrogens is 344 g/mol. The van der Waals surface area contributed by atoms with Gasteiger partial charge in [0, 0.05) is 6.04 Å². The van der Waals surface area contributed by atoms with Crippen molar-refractivity contribution in [2.24, 2.45) is 5.92 Å². The molecule has 1 aromatic rings. The predicted molar refractivity (Wildman–Crippen MR) is 96.2 cm³/mol. The molecule has 6 nitrogen and oxygen atoms in total. The molecule has 0 bridgehead atoms. The van der Waals surface area contributed by atoms with Crippen LogP contribution < -0.4 is 5.11 Å². The molecule has 5 atom stereocenters. The van der Waals surface area contributed by atoms with Crippen molar-refractivity contribution in [3.05, 3.63) is 35.9 Å². The van der Waals surface area contributed by atoms with Crippen LogP contribution >= 0.6 is 0 Å². The average Bonchev–Trinajstić information content (AvgIpc) is 3.24. The fraction of sp³-hybridized carbons (Fsp3) is 0.571. The summed E-state index contributed by atoms with van der Waals surface area (Å²) in [4.78, 5) is 41.2. The number of rotatable bonds is 5. The number of fused-ring (bicyclic) bond motifs is 3. The van der Waals surface area contributed by atoms with E-state index in [9.17, 15) is 19.5 Å². The molecule has 1 aromatic carbocycles. The van der Waals surface area contributed by atoms with Crippen molar-refractivity contribution in [1.82, 2.24) is 9.80 Å². The van der Waals surface area contributed by atoms with Gasteiger partial charge in [0.05, 0.1) is 12.0 Å². The third-order valence-electron chi connectivity index (χ3n) is 6.56. The van der Waals surface area contributed by atoms with Crippen LogP contribution in [0.5, 0.6) is 0 Å². The summed E-state index contributed by atoms with van der Waals surface area (Å²) in [6.07, 6.45) is 4.52. The average molecular weight is 369 g/mol. The molecule has 2 heterocycles. The molecule has 0 radical (unpaired) electrons. The molecule has 3 aliphatic rings. The van der Waals surface area contributed by atoms with Gasteiger partial charge < -0.3 is 19.7 Å². The van der Waals surface area contributed by atoms with E-state index in [1.165, 1.54) is 4.90 Å². The molecule has 1 saturated carbocycles. The van der Waals surface area contributed by atoms with Crippen molar-refractivity contribution in [3.8, 4) is 0 Å². The Kier molecular flexibility index (Phi) is 4.66. The Hall–Kier alpha value is -2.37. The van der Waals surface area contributed by atoms with Crippen LogP contribution in [0.1, 0.15) is 44.6 Å². The Morgan fingerprint density at radius 2 is 1.93 bits per heavy atom. The molecule has 2 amide bonds. The summed E-state index contributed by atoms with van der Waals surface area (Å²) < 4.78 is 0. The zero-order valence-electron chi connectivity index (χ0n) is 15.5. The zero-order valence-corrected chi connectivity index (χ0v) is 15.5. The number of carboxylic acid groups (broad SMARTS) is 1. The molecule has 0 aromatic heterocycles.